The first-order chi connectivity index (χ1) is 10.1. The van der Waals surface area contributed by atoms with Gasteiger partial charge in [0, 0.05) is 24.0 Å². The number of anilines is 1. The third-order valence-corrected chi connectivity index (χ3v) is 3.55. The molecule has 1 N–H and O–H groups in total. The first-order valence-electron chi connectivity index (χ1n) is 7.35. The third kappa shape index (κ3) is 4.14. The monoisotopic (exact) mass is 307 g/mol. The van der Waals surface area contributed by atoms with Crippen molar-refractivity contribution in [1.82, 2.24) is 9.78 Å². The number of ether oxygens (including phenoxy) is 1. The van der Waals surface area contributed by atoms with E-state index in [9.17, 15) is 0 Å². The summed E-state index contributed by atoms with van der Waals surface area (Å²) >= 11 is 6.24. The van der Waals surface area contributed by atoms with Gasteiger partial charge in [-0.25, -0.2) is 0 Å². The second-order valence-corrected chi connectivity index (χ2v) is 5.40. The smallest absolute Gasteiger partial charge is 0.138 e. The van der Waals surface area contributed by atoms with E-state index in [2.05, 4.69) is 37.4 Å². The molecule has 1 aromatic heterocycles. The highest BCUT2D eigenvalue weighted by Gasteiger charge is 2.09. The number of nitrogens with one attached hydrogen (secondary N) is 1. The maximum atomic E-state index is 6.24. The Balaban J connectivity index is 2.03. The summed E-state index contributed by atoms with van der Waals surface area (Å²) in [5.41, 5.74) is 2.12. The molecule has 0 aliphatic rings. The minimum atomic E-state index is 0.170. The zero-order chi connectivity index (χ0) is 15.2. The number of rotatable bonds is 7. The summed E-state index contributed by atoms with van der Waals surface area (Å²) in [5, 5.41) is 8.35. The number of aryl methyl sites for hydroxylation is 1. The molecule has 21 heavy (non-hydrogen) atoms. The summed E-state index contributed by atoms with van der Waals surface area (Å²) in [5.74, 6) is 0.732. The quantitative estimate of drug-likeness (QED) is 0.817. The van der Waals surface area contributed by atoms with E-state index in [1.54, 1.807) is 0 Å². The summed E-state index contributed by atoms with van der Waals surface area (Å²) in [7, 11) is 0. The zero-order valence-electron chi connectivity index (χ0n) is 12.8. The van der Waals surface area contributed by atoms with Gasteiger partial charge in [0.15, 0.2) is 0 Å². The molecule has 0 aliphatic carbocycles. The average molecular weight is 308 g/mol. The van der Waals surface area contributed by atoms with Gasteiger partial charge < -0.3 is 10.1 Å². The van der Waals surface area contributed by atoms with E-state index < -0.39 is 0 Å². The fourth-order valence-electron chi connectivity index (χ4n) is 2.03. The van der Waals surface area contributed by atoms with Gasteiger partial charge in [0.05, 0.1) is 23.9 Å². The molecule has 0 saturated heterocycles. The maximum absolute atomic E-state index is 6.24. The van der Waals surface area contributed by atoms with Crippen LogP contribution in [0.4, 0.5) is 5.69 Å². The normalized spacial score (nSPS) is 12.2. The molecular formula is C16H22ClN3O. The Morgan fingerprint density at radius 2 is 2.19 bits per heavy atom. The van der Waals surface area contributed by atoms with Crippen LogP contribution in [-0.2, 0) is 6.54 Å². The lowest BCUT2D eigenvalue weighted by atomic mass is 10.2. The summed E-state index contributed by atoms with van der Waals surface area (Å²) in [6.07, 6.45) is 4.91. The fourth-order valence-corrected chi connectivity index (χ4v) is 2.26. The van der Waals surface area contributed by atoms with Gasteiger partial charge in [0.2, 0.25) is 0 Å². The molecule has 1 aromatic carbocycles. The van der Waals surface area contributed by atoms with Gasteiger partial charge in [-0.1, -0.05) is 18.5 Å². The second-order valence-electron chi connectivity index (χ2n) is 4.99. The van der Waals surface area contributed by atoms with E-state index in [4.69, 9.17) is 16.3 Å². The van der Waals surface area contributed by atoms with Crippen molar-refractivity contribution in [3.05, 3.63) is 41.2 Å². The molecule has 0 bridgehead atoms. The maximum Gasteiger partial charge on any atom is 0.138 e. The Kier molecular flexibility index (Phi) is 5.51. The van der Waals surface area contributed by atoms with E-state index in [0.29, 0.717) is 11.6 Å². The molecule has 0 saturated carbocycles. The highest BCUT2D eigenvalue weighted by Crippen LogP contribution is 2.29. The van der Waals surface area contributed by atoms with E-state index in [0.717, 1.165) is 30.0 Å². The number of hydrogen-bond donors (Lipinski definition) is 1. The molecule has 5 heteroatoms. The zero-order valence-corrected chi connectivity index (χ0v) is 13.5. The minimum Gasteiger partial charge on any atom is -0.492 e. The van der Waals surface area contributed by atoms with Crippen molar-refractivity contribution in [3.63, 3.8) is 0 Å². The van der Waals surface area contributed by atoms with E-state index >= 15 is 0 Å². The molecule has 1 atom stereocenters. The molecule has 4 nitrogen and oxygen atoms in total. The van der Waals surface area contributed by atoms with Gasteiger partial charge in [0.1, 0.15) is 5.75 Å². The number of nitrogens with zero attached hydrogens (tertiary/aromatic N) is 2. The van der Waals surface area contributed by atoms with Crippen LogP contribution < -0.4 is 10.1 Å². The van der Waals surface area contributed by atoms with Crippen LogP contribution in [0.5, 0.6) is 5.75 Å². The Morgan fingerprint density at radius 3 is 2.81 bits per heavy atom. The molecule has 114 valence electrons. The lowest BCUT2D eigenvalue weighted by Crippen LogP contribution is -2.06. The van der Waals surface area contributed by atoms with Crippen molar-refractivity contribution in [3.8, 4) is 5.75 Å². The first kappa shape index (κ1) is 15.7. The van der Waals surface area contributed by atoms with Crippen molar-refractivity contribution in [1.29, 1.82) is 0 Å². The lowest BCUT2D eigenvalue weighted by molar-refractivity contribution is 0.317. The summed E-state index contributed by atoms with van der Waals surface area (Å²) < 4.78 is 7.49. The number of aromatic nitrogens is 2. The molecule has 2 rings (SSSR count). The van der Waals surface area contributed by atoms with Gasteiger partial charge >= 0.3 is 0 Å². The van der Waals surface area contributed by atoms with Crippen LogP contribution in [0.15, 0.2) is 30.6 Å². The summed E-state index contributed by atoms with van der Waals surface area (Å²) in [6.45, 7) is 7.80. The highest BCUT2D eigenvalue weighted by molar-refractivity contribution is 6.32. The fraction of sp³-hybridized carbons (Fsp3) is 0.438. The largest absolute Gasteiger partial charge is 0.492 e. The van der Waals surface area contributed by atoms with Crippen molar-refractivity contribution >= 4 is 17.3 Å². The third-order valence-electron chi connectivity index (χ3n) is 3.25. The van der Waals surface area contributed by atoms with Gasteiger partial charge in [-0.05, 0) is 38.5 Å². The van der Waals surface area contributed by atoms with Gasteiger partial charge in [-0.15, -0.1) is 0 Å². The SMILES string of the molecule is CCCOc1ccc(NC(C)c2cnn(CC)c2)cc1Cl. The molecule has 0 aliphatic heterocycles. The molecule has 0 amide bonds. The molecule has 2 aromatic rings. The minimum absolute atomic E-state index is 0.170. The first-order valence-corrected chi connectivity index (χ1v) is 7.73. The molecule has 0 spiro atoms. The van der Waals surface area contributed by atoms with Crippen LogP contribution in [0, 0.1) is 0 Å². The Morgan fingerprint density at radius 1 is 1.38 bits per heavy atom. The Labute approximate surface area is 131 Å². The van der Waals surface area contributed by atoms with Crippen molar-refractivity contribution < 1.29 is 4.74 Å². The van der Waals surface area contributed by atoms with E-state index in [1.807, 2.05) is 29.1 Å². The predicted octanol–water partition coefficient (Wildman–Crippen LogP) is 4.52. The molecule has 1 unspecified atom stereocenters. The van der Waals surface area contributed by atoms with Crippen LogP contribution in [0.2, 0.25) is 5.02 Å². The van der Waals surface area contributed by atoms with Crippen molar-refractivity contribution in [2.75, 3.05) is 11.9 Å². The number of halogens is 1. The summed E-state index contributed by atoms with van der Waals surface area (Å²) in [4.78, 5) is 0. The van der Waals surface area contributed by atoms with Gasteiger partial charge in [0.25, 0.3) is 0 Å². The van der Waals surface area contributed by atoms with Crippen molar-refractivity contribution in [2.24, 2.45) is 0 Å². The highest BCUT2D eigenvalue weighted by atomic mass is 35.5. The van der Waals surface area contributed by atoms with Crippen LogP contribution in [-0.4, -0.2) is 16.4 Å². The van der Waals surface area contributed by atoms with Crippen molar-refractivity contribution in [2.45, 2.75) is 39.8 Å². The molecule has 1 heterocycles. The van der Waals surface area contributed by atoms with Crippen LogP contribution in [0.3, 0.4) is 0 Å². The average Bonchev–Trinajstić information content (AvgIpc) is 2.95. The standard InChI is InChI=1S/C16H22ClN3O/c1-4-8-21-16-7-6-14(9-15(16)17)19-12(3)13-10-18-20(5-2)11-13/h6-7,9-12,19H,4-5,8H2,1-3H3. The molecular weight excluding hydrogens is 286 g/mol. The Bertz CT molecular complexity index is 583. The van der Waals surface area contributed by atoms with E-state index in [1.165, 1.54) is 0 Å². The van der Waals surface area contributed by atoms with Gasteiger partial charge in [-0.3, -0.25) is 4.68 Å². The predicted molar refractivity (Wildman–Crippen MR) is 87.2 cm³/mol. The number of benzene rings is 1. The number of hydrogen-bond acceptors (Lipinski definition) is 3. The second kappa shape index (κ2) is 7.36. The van der Waals surface area contributed by atoms with Crippen LogP contribution in [0.25, 0.3) is 0 Å². The molecule has 0 radical (unpaired) electrons. The van der Waals surface area contributed by atoms with Crippen LogP contribution >= 0.6 is 11.6 Å². The molecule has 0 fully saturated rings. The summed E-state index contributed by atoms with van der Waals surface area (Å²) in [6, 6.07) is 5.96. The Hall–Kier alpha value is -1.68. The van der Waals surface area contributed by atoms with Crippen LogP contribution in [0.1, 0.15) is 38.8 Å². The van der Waals surface area contributed by atoms with E-state index in [-0.39, 0.29) is 6.04 Å². The lowest BCUT2D eigenvalue weighted by Gasteiger charge is -2.15. The topological polar surface area (TPSA) is 39.1 Å². The van der Waals surface area contributed by atoms with Gasteiger partial charge in [-0.2, -0.15) is 5.10 Å².